The molecule has 2 aliphatic carbocycles. The molecule has 0 spiro atoms. The molecule has 4 rings (SSSR count). The number of rotatable bonds is 5. The van der Waals surface area contributed by atoms with Crippen molar-refractivity contribution in [2.24, 2.45) is 23.7 Å². The molecule has 1 heterocycles. The van der Waals surface area contributed by atoms with E-state index in [-0.39, 0.29) is 29.9 Å². The van der Waals surface area contributed by atoms with Gasteiger partial charge in [0, 0.05) is 5.69 Å². The monoisotopic (exact) mass is 370 g/mol. The Balaban J connectivity index is 1.43. The molecule has 1 aromatic carbocycles. The number of carboxylic acid groups (broad SMARTS) is 1. The number of carbonyl (C=O) groups is 3. The van der Waals surface area contributed by atoms with Crippen LogP contribution in [0.3, 0.4) is 0 Å². The molecule has 1 saturated carbocycles. The second-order valence-electron chi connectivity index (χ2n) is 7.43. The lowest BCUT2D eigenvalue weighted by molar-refractivity contribution is -0.148. The average molecular weight is 370 g/mol. The Morgan fingerprint density at radius 2 is 1.85 bits per heavy atom. The summed E-state index contributed by atoms with van der Waals surface area (Å²) in [5.74, 6) is -2.31. The zero-order valence-electron chi connectivity index (χ0n) is 15.0. The molecule has 7 nitrogen and oxygen atoms in total. The fraction of sp³-hybridized carbons (Fsp3) is 0.450. The van der Waals surface area contributed by atoms with Crippen molar-refractivity contribution in [1.82, 2.24) is 5.32 Å². The third-order valence-corrected chi connectivity index (χ3v) is 5.87. The quantitative estimate of drug-likeness (QED) is 0.776. The number of carbonyl (C=O) groups excluding carboxylic acids is 2. The molecule has 2 N–H and O–H groups in total. The van der Waals surface area contributed by atoms with Crippen LogP contribution in [0.15, 0.2) is 36.4 Å². The fourth-order valence-electron chi connectivity index (χ4n) is 4.48. The van der Waals surface area contributed by atoms with Crippen LogP contribution in [0.5, 0.6) is 0 Å². The van der Waals surface area contributed by atoms with Crippen LogP contribution in [-0.4, -0.2) is 36.2 Å². The number of amides is 2. The number of benzene rings is 1. The summed E-state index contributed by atoms with van der Waals surface area (Å²) in [7, 11) is 0. The number of hydrogen-bond donors (Lipinski definition) is 2. The first-order valence-electron chi connectivity index (χ1n) is 9.21. The highest BCUT2D eigenvalue weighted by atomic mass is 16.6. The number of carboxylic acids is 1. The van der Waals surface area contributed by atoms with Crippen LogP contribution in [-0.2, 0) is 14.3 Å². The molecule has 2 bridgehead atoms. The lowest BCUT2D eigenvalue weighted by atomic mass is 9.82. The topological polar surface area (TPSA) is 95.9 Å². The normalized spacial score (nSPS) is 29.7. The molecule has 1 saturated heterocycles. The number of allylic oxidation sites excluding steroid dienone is 2. The van der Waals surface area contributed by atoms with Gasteiger partial charge in [-0.1, -0.05) is 24.3 Å². The van der Waals surface area contributed by atoms with E-state index in [1.54, 1.807) is 4.90 Å². The number of cyclic esters (lactones) is 1. The standard InChI is InChI=1S/C20H22N2O5/c1-11(12-4-6-15(7-5-12)22-8-9-27-20(22)26)21-18(23)16-13-2-3-14(10-13)17(16)19(24)25/h2-7,11,13-14,16-17H,8-10H2,1H3,(H,21,23)(H,24,25)/t11-,13-,14-,16-,17-/m0/s1. The van der Waals surface area contributed by atoms with Crippen molar-refractivity contribution in [3.63, 3.8) is 0 Å². The minimum atomic E-state index is -0.901. The van der Waals surface area contributed by atoms with Gasteiger partial charge in [0.05, 0.1) is 24.4 Å². The molecular weight excluding hydrogens is 348 g/mol. The maximum absolute atomic E-state index is 12.8. The third-order valence-electron chi connectivity index (χ3n) is 5.87. The van der Waals surface area contributed by atoms with Gasteiger partial charge >= 0.3 is 12.1 Å². The Labute approximate surface area is 157 Å². The van der Waals surface area contributed by atoms with Gasteiger partial charge in [-0.05, 0) is 42.9 Å². The van der Waals surface area contributed by atoms with Crippen LogP contribution >= 0.6 is 0 Å². The minimum Gasteiger partial charge on any atom is -0.481 e. The van der Waals surface area contributed by atoms with Gasteiger partial charge in [-0.3, -0.25) is 14.5 Å². The second kappa shape index (κ2) is 6.72. The van der Waals surface area contributed by atoms with E-state index in [1.807, 2.05) is 43.3 Å². The van der Waals surface area contributed by atoms with E-state index >= 15 is 0 Å². The van der Waals surface area contributed by atoms with E-state index in [9.17, 15) is 19.5 Å². The maximum atomic E-state index is 12.8. The molecule has 0 unspecified atom stereocenters. The van der Waals surface area contributed by atoms with E-state index in [0.29, 0.717) is 13.2 Å². The van der Waals surface area contributed by atoms with Crippen molar-refractivity contribution in [3.05, 3.63) is 42.0 Å². The van der Waals surface area contributed by atoms with Gasteiger partial charge in [-0.2, -0.15) is 0 Å². The Hall–Kier alpha value is -2.83. The summed E-state index contributed by atoms with van der Waals surface area (Å²) in [6.07, 6.45) is 4.29. The molecule has 1 aromatic rings. The number of fused-ring (bicyclic) bond motifs is 2. The molecule has 3 aliphatic rings. The molecule has 2 fully saturated rings. The zero-order chi connectivity index (χ0) is 19.1. The van der Waals surface area contributed by atoms with Gasteiger partial charge in [0.25, 0.3) is 0 Å². The Kier molecular flexibility index (Phi) is 4.37. The average Bonchev–Trinajstić information content (AvgIpc) is 3.37. The SMILES string of the molecule is C[C@H](NC(=O)[C@@H]1[C@@H](C(=O)O)[C@H]2C=C[C@H]1C2)c1ccc(N2CCOC2=O)cc1. The van der Waals surface area contributed by atoms with Gasteiger partial charge in [-0.25, -0.2) is 4.79 Å². The Morgan fingerprint density at radius 3 is 2.44 bits per heavy atom. The van der Waals surface area contributed by atoms with E-state index in [4.69, 9.17) is 4.74 Å². The molecule has 5 atom stereocenters. The van der Waals surface area contributed by atoms with Gasteiger partial charge in [0.2, 0.25) is 5.91 Å². The predicted octanol–water partition coefficient (Wildman–Crippen LogP) is 2.34. The van der Waals surface area contributed by atoms with Crippen LogP contribution in [0, 0.1) is 23.7 Å². The summed E-state index contributed by atoms with van der Waals surface area (Å²) in [5.41, 5.74) is 1.65. The van der Waals surface area contributed by atoms with Crippen LogP contribution in [0.1, 0.15) is 24.9 Å². The molecule has 0 aromatic heterocycles. The van der Waals surface area contributed by atoms with Crippen molar-refractivity contribution < 1.29 is 24.2 Å². The number of hydrogen-bond acceptors (Lipinski definition) is 4. The first-order valence-corrected chi connectivity index (χ1v) is 9.21. The highest BCUT2D eigenvalue weighted by Gasteiger charge is 2.51. The largest absolute Gasteiger partial charge is 0.481 e. The van der Waals surface area contributed by atoms with E-state index < -0.39 is 17.8 Å². The lowest BCUT2D eigenvalue weighted by Crippen LogP contribution is -2.41. The fourth-order valence-corrected chi connectivity index (χ4v) is 4.48. The predicted molar refractivity (Wildman–Crippen MR) is 97.0 cm³/mol. The number of aliphatic carboxylic acids is 1. The van der Waals surface area contributed by atoms with Crippen LogP contribution in [0.4, 0.5) is 10.5 Å². The number of nitrogens with one attached hydrogen (secondary N) is 1. The van der Waals surface area contributed by atoms with Crippen LogP contribution in [0.2, 0.25) is 0 Å². The van der Waals surface area contributed by atoms with Crippen molar-refractivity contribution in [2.45, 2.75) is 19.4 Å². The van der Waals surface area contributed by atoms with Crippen molar-refractivity contribution >= 4 is 23.7 Å². The van der Waals surface area contributed by atoms with Crippen molar-refractivity contribution in [3.8, 4) is 0 Å². The molecular formula is C20H22N2O5. The third kappa shape index (κ3) is 3.07. The highest BCUT2D eigenvalue weighted by molar-refractivity contribution is 5.89. The van der Waals surface area contributed by atoms with Crippen molar-refractivity contribution in [1.29, 1.82) is 0 Å². The van der Waals surface area contributed by atoms with Crippen molar-refractivity contribution in [2.75, 3.05) is 18.1 Å². The van der Waals surface area contributed by atoms with Gasteiger partial charge in [-0.15, -0.1) is 0 Å². The molecule has 1 aliphatic heterocycles. The second-order valence-corrected chi connectivity index (χ2v) is 7.43. The van der Waals surface area contributed by atoms with Gasteiger partial charge in [0.15, 0.2) is 0 Å². The molecule has 2 amide bonds. The summed E-state index contributed by atoms with van der Waals surface area (Å²) < 4.78 is 4.94. The summed E-state index contributed by atoms with van der Waals surface area (Å²) in [6, 6.07) is 7.12. The first kappa shape index (κ1) is 17.6. The van der Waals surface area contributed by atoms with Gasteiger partial charge in [0.1, 0.15) is 6.61 Å². The summed E-state index contributed by atoms with van der Waals surface area (Å²) in [6.45, 7) is 2.78. The number of nitrogens with zero attached hydrogens (tertiary/aromatic N) is 1. The highest BCUT2D eigenvalue weighted by Crippen LogP contribution is 2.48. The first-order chi connectivity index (χ1) is 13.0. The van der Waals surface area contributed by atoms with E-state index in [0.717, 1.165) is 17.7 Å². The zero-order valence-corrected chi connectivity index (χ0v) is 15.0. The van der Waals surface area contributed by atoms with Crippen LogP contribution in [0.25, 0.3) is 0 Å². The molecule has 142 valence electrons. The molecule has 27 heavy (non-hydrogen) atoms. The number of ether oxygens (including phenoxy) is 1. The minimum absolute atomic E-state index is 0.00635. The smallest absolute Gasteiger partial charge is 0.414 e. The molecule has 0 radical (unpaired) electrons. The lowest BCUT2D eigenvalue weighted by Gasteiger charge is -2.26. The molecule has 7 heteroatoms. The van der Waals surface area contributed by atoms with Gasteiger partial charge < -0.3 is 15.2 Å². The Bertz CT molecular complexity index is 803. The Morgan fingerprint density at radius 1 is 1.19 bits per heavy atom. The summed E-state index contributed by atoms with van der Waals surface area (Å²) >= 11 is 0. The van der Waals surface area contributed by atoms with Crippen LogP contribution < -0.4 is 10.2 Å². The van der Waals surface area contributed by atoms with E-state index in [2.05, 4.69) is 5.32 Å². The summed E-state index contributed by atoms with van der Waals surface area (Å²) in [4.78, 5) is 37.6. The van der Waals surface area contributed by atoms with E-state index in [1.165, 1.54) is 0 Å². The maximum Gasteiger partial charge on any atom is 0.414 e. The number of anilines is 1. The summed E-state index contributed by atoms with van der Waals surface area (Å²) in [5, 5.41) is 12.5.